The molecule has 1 aromatic carbocycles. The molecule has 104 valence electrons. The van der Waals surface area contributed by atoms with E-state index in [1.165, 1.54) is 4.68 Å². The molecule has 2 heterocycles. The quantitative estimate of drug-likeness (QED) is 0.802. The smallest absolute Gasteiger partial charge is 0.271 e. The highest BCUT2D eigenvalue weighted by Crippen LogP contribution is 2.27. The zero-order chi connectivity index (χ0) is 14.8. The molecule has 0 unspecified atom stereocenters. The standard InChI is InChI=1S/C14H10ClN5O/c15-9-5-1-2-7-11(9)20-13(10-6-3-4-8-17-10)12(14(16)21)18-19-20/h1-8H,(H2,16,21). The van der Waals surface area contributed by atoms with Crippen molar-refractivity contribution in [3.05, 3.63) is 59.4 Å². The second-order valence-corrected chi connectivity index (χ2v) is 4.64. The van der Waals surface area contributed by atoms with E-state index in [0.29, 0.717) is 22.1 Å². The minimum Gasteiger partial charge on any atom is -0.364 e. The zero-order valence-corrected chi connectivity index (χ0v) is 11.5. The maximum absolute atomic E-state index is 11.6. The predicted octanol–water partition coefficient (Wildman–Crippen LogP) is 2.08. The second kappa shape index (κ2) is 5.34. The number of amides is 1. The van der Waals surface area contributed by atoms with Crippen LogP contribution in [0.1, 0.15) is 10.5 Å². The summed E-state index contributed by atoms with van der Waals surface area (Å²) in [4.78, 5) is 15.8. The van der Waals surface area contributed by atoms with Gasteiger partial charge >= 0.3 is 0 Å². The third kappa shape index (κ3) is 2.36. The first-order chi connectivity index (χ1) is 10.2. The number of hydrogen-bond donors (Lipinski definition) is 1. The van der Waals surface area contributed by atoms with Crippen LogP contribution in [0.3, 0.4) is 0 Å². The molecule has 0 aliphatic carbocycles. The molecule has 1 amide bonds. The first-order valence-electron chi connectivity index (χ1n) is 6.10. The van der Waals surface area contributed by atoms with Crippen molar-refractivity contribution in [2.24, 2.45) is 5.73 Å². The van der Waals surface area contributed by atoms with Gasteiger partial charge in [-0.3, -0.25) is 9.78 Å². The van der Waals surface area contributed by atoms with Crippen molar-refractivity contribution in [1.82, 2.24) is 20.0 Å². The molecule has 0 atom stereocenters. The number of hydrogen-bond acceptors (Lipinski definition) is 4. The third-order valence-electron chi connectivity index (χ3n) is 2.89. The molecule has 2 aromatic heterocycles. The number of nitrogens with two attached hydrogens (primary N) is 1. The van der Waals surface area contributed by atoms with Gasteiger partial charge in [0.2, 0.25) is 0 Å². The van der Waals surface area contributed by atoms with Gasteiger partial charge < -0.3 is 5.73 Å². The zero-order valence-electron chi connectivity index (χ0n) is 10.8. The number of nitrogens with zero attached hydrogens (tertiary/aromatic N) is 4. The summed E-state index contributed by atoms with van der Waals surface area (Å²) in [5.74, 6) is -0.672. The summed E-state index contributed by atoms with van der Waals surface area (Å²) in [5, 5.41) is 8.32. The Balaban J connectivity index is 2.28. The number of carbonyl (C=O) groups excluding carboxylic acids is 1. The molecule has 0 aliphatic rings. The Morgan fingerprint density at radius 3 is 2.57 bits per heavy atom. The van der Waals surface area contributed by atoms with E-state index < -0.39 is 5.91 Å². The van der Waals surface area contributed by atoms with E-state index in [9.17, 15) is 4.79 Å². The summed E-state index contributed by atoms with van der Waals surface area (Å²) in [6.45, 7) is 0. The van der Waals surface area contributed by atoms with Crippen LogP contribution in [-0.2, 0) is 0 Å². The lowest BCUT2D eigenvalue weighted by Gasteiger charge is -2.08. The summed E-state index contributed by atoms with van der Waals surface area (Å²) >= 11 is 6.18. The van der Waals surface area contributed by atoms with Gasteiger partial charge in [0.05, 0.1) is 16.4 Å². The highest BCUT2D eigenvalue weighted by molar-refractivity contribution is 6.32. The van der Waals surface area contributed by atoms with Crippen LogP contribution in [0.5, 0.6) is 0 Å². The number of carbonyl (C=O) groups is 1. The monoisotopic (exact) mass is 299 g/mol. The summed E-state index contributed by atoms with van der Waals surface area (Å²) in [6, 6.07) is 12.4. The summed E-state index contributed by atoms with van der Waals surface area (Å²) in [7, 11) is 0. The Bertz CT molecular complexity index is 800. The van der Waals surface area contributed by atoms with Crippen LogP contribution in [0.15, 0.2) is 48.7 Å². The van der Waals surface area contributed by atoms with Crippen LogP contribution in [0.2, 0.25) is 5.02 Å². The fourth-order valence-corrected chi connectivity index (χ4v) is 2.19. The van der Waals surface area contributed by atoms with E-state index in [1.807, 2.05) is 6.07 Å². The molecule has 3 aromatic rings. The number of halogens is 1. The minimum atomic E-state index is -0.672. The number of pyridine rings is 1. The Morgan fingerprint density at radius 2 is 1.90 bits per heavy atom. The van der Waals surface area contributed by atoms with Crippen LogP contribution < -0.4 is 5.73 Å². The Kier molecular flexibility index (Phi) is 3.37. The summed E-state index contributed by atoms with van der Waals surface area (Å²) in [5.41, 5.74) is 6.96. The van der Waals surface area contributed by atoms with E-state index in [2.05, 4.69) is 15.3 Å². The maximum Gasteiger partial charge on any atom is 0.271 e. The molecule has 0 radical (unpaired) electrons. The van der Waals surface area contributed by atoms with E-state index in [1.54, 1.807) is 42.6 Å². The molecule has 21 heavy (non-hydrogen) atoms. The van der Waals surface area contributed by atoms with E-state index >= 15 is 0 Å². The topological polar surface area (TPSA) is 86.7 Å². The molecule has 0 spiro atoms. The van der Waals surface area contributed by atoms with Crippen molar-refractivity contribution in [3.63, 3.8) is 0 Å². The molecule has 0 aliphatic heterocycles. The molecule has 0 saturated carbocycles. The first kappa shape index (κ1) is 13.3. The number of primary amides is 1. The minimum absolute atomic E-state index is 0.0496. The van der Waals surface area contributed by atoms with Gasteiger partial charge in [0.1, 0.15) is 5.69 Å². The van der Waals surface area contributed by atoms with Gasteiger partial charge in [-0.2, -0.15) is 0 Å². The largest absolute Gasteiger partial charge is 0.364 e. The summed E-state index contributed by atoms with van der Waals surface area (Å²) in [6.07, 6.45) is 1.62. The lowest BCUT2D eigenvalue weighted by molar-refractivity contribution is 0.0996. The lowest BCUT2D eigenvalue weighted by Crippen LogP contribution is -2.13. The molecule has 0 fully saturated rings. The molecule has 3 rings (SSSR count). The predicted molar refractivity (Wildman–Crippen MR) is 78.1 cm³/mol. The van der Waals surface area contributed by atoms with Gasteiger partial charge in [-0.15, -0.1) is 5.10 Å². The fraction of sp³-hybridized carbons (Fsp3) is 0. The van der Waals surface area contributed by atoms with Gasteiger partial charge in [-0.05, 0) is 24.3 Å². The van der Waals surface area contributed by atoms with Crippen LogP contribution in [-0.4, -0.2) is 25.9 Å². The normalized spacial score (nSPS) is 10.5. The van der Waals surface area contributed by atoms with Crippen LogP contribution in [0.25, 0.3) is 17.1 Å². The molecule has 0 saturated heterocycles. The lowest BCUT2D eigenvalue weighted by atomic mass is 10.2. The number of benzene rings is 1. The van der Waals surface area contributed by atoms with Crippen molar-refractivity contribution >= 4 is 17.5 Å². The Labute approximate surface area is 125 Å². The summed E-state index contributed by atoms with van der Waals surface area (Å²) < 4.78 is 1.46. The van der Waals surface area contributed by atoms with Gasteiger partial charge in [-0.1, -0.05) is 35.0 Å². The first-order valence-corrected chi connectivity index (χ1v) is 6.48. The van der Waals surface area contributed by atoms with Crippen molar-refractivity contribution in [2.75, 3.05) is 0 Å². The van der Waals surface area contributed by atoms with E-state index in [0.717, 1.165) is 0 Å². The van der Waals surface area contributed by atoms with Gasteiger partial charge in [-0.25, -0.2) is 4.68 Å². The Hall–Kier alpha value is -2.73. The van der Waals surface area contributed by atoms with Crippen molar-refractivity contribution in [3.8, 4) is 17.1 Å². The molecule has 6 nitrogen and oxygen atoms in total. The van der Waals surface area contributed by atoms with Crippen molar-refractivity contribution < 1.29 is 4.79 Å². The average molecular weight is 300 g/mol. The molecule has 7 heteroatoms. The molecule has 2 N–H and O–H groups in total. The fourth-order valence-electron chi connectivity index (χ4n) is 1.97. The van der Waals surface area contributed by atoms with Gasteiger partial charge in [0.15, 0.2) is 5.69 Å². The number of aromatic nitrogens is 4. The number of para-hydroxylation sites is 1. The van der Waals surface area contributed by atoms with Crippen LogP contribution >= 0.6 is 11.6 Å². The second-order valence-electron chi connectivity index (χ2n) is 4.23. The highest BCUT2D eigenvalue weighted by atomic mass is 35.5. The Morgan fingerprint density at radius 1 is 1.14 bits per heavy atom. The van der Waals surface area contributed by atoms with Crippen LogP contribution in [0, 0.1) is 0 Å². The third-order valence-corrected chi connectivity index (χ3v) is 3.21. The van der Waals surface area contributed by atoms with E-state index in [-0.39, 0.29) is 5.69 Å². The van der Waals surface area contributed by atoms with E-state index in [4.69, 9.17) is 17.3 Å². The SMILES string of the molecule is NC(=O)c1nnn(-c2ccccc2Cl)c1-c1ccccn1. The highest BCUT2D eigenvalue weighted by Gasteiger charge is 2.21. The molecular weight excluding hydrogens is 290 g/mol. The average Bonchev–Trinajstić information content (AvgIpc) is 2.93. The maximum atomic E-state index is 11.6. The number of rotatable bonds is 3. The molecule has 0 bridgehead atoms. The van der Waals surface area contributed by atoms with Crippen LogP contribution in [0.4, 0.5) is 0 Å². The van der Waals surface area contributed by atoms with Crippen molar-refractivity contribution in [2.45, 2.75) is 0 Å². The van der Waals surface area contributed by atoms with Gasteiger partial charge in [0.25, 0.3) is 5.91 Å². The molecular formula is C14H10ClN5O. The van der Waals surface area contributed by atoms with Gasteiger partial charge in [0, 0.05) is 6.20 Å². The van der Waals surface area contributed by atoms with Crippen molar-refractivity contribution in [1.29, 1.82) is 0 Å².